The van der Waals surface area contributed by atoms with Crippen LogP contribution in [0.4, 0.5) is 0 Å². The molecule has 2 heteroatoms. The van der Waals surface area contributed by atoms with Crippen LogP contribution in [0.15, 0.2) is 36.4 Å². The Kier molecular flexibility index (Phi) is 5.35. The zero-order valence-electron chi connectivity index (χ0n) is 20.7. The summed E-state index contributed by atoms with van der Waals surface area (Å²) < 4.78 is 5.37. The summed E-state index contributed by atoms with van der Waals surface area (Å²) in [5, 5.41) is 2.27. The first kappa shape index (κ1) is 21.7. The van der Waals surface area contributed by atoms with Gasteiger partial charge in [0.1, 0.15) is 5.75 Å². The molecule has 176 valence electrons. The van der Waals surface area contributed by atoms with Gasteiger partial charge in [-0.15, -0.1) is 0 Å². The quantitative estimate of drug-likeness (QED) is 0.449. The normalized spacial score (nSPS) is 40.0. The van der Waals surface area contributed by atoms with Gasteiger partial charge in [-0.05, 0) is 121 Å². The van der Waals surface area contributed by atoms with Crippen LogP contribution in [0.5, 0.6) is 5.75 Å². The highest BCUT2D eigenvalue weighted by Gasteiger charge is 2.58. The van der Waals surface area contributed by atoms with Gasteiger partial charge in [-0.3, -0.25) is 4.79 Å². The van der Waals surface area contributed by atoms with Crippen LogP contribution < -0.4 is 4.74 Å². The molecule has 4 saturated carbocycles. The maximum atomic E-state index is 13.9. The minimum Gasteiger partial charge on any atom is -0.497 e. The van der Waals surface area contributed by atoms with Crippen LogP contribution in [0.3, 0.4) is 0 Å². The van der Waals surface area contributed by atoms with Crippen LogP contribution >= 0.6 is 0 Å². The molecule has 0 spiro atoms. The van der Waals surface area contributed by atoms with Crippen molar-refractivity contribution < 1.29 is 9.53 Å². The summed E-state index contributed by atoms with van der Waals surface area (Å²) >= 11 is 0. The molecular formula is C31H40O2. The Balaban J connectivity index is 1.24. The number of ether oxygens (including phenoxy) is 1. The lowest BCUT2D eigenvalue weighted by molar-refractivity contribution is -0.0634. The van der Waals surface area contributed by atoms with E-state index in [0.717, 1.165) is 64.0 Å². The number of methoxy groups -OCH3 is 1. The lowest BCUT2D eigenvalue weighted by Gasteiger charge is -2.56. The van der Waals surface area contributed by atoms with E-state index in [9.17, 15) is 4.79 Å². The van der Waals surface area contributed by atoms with Crippen molar-refractivity contribution in [2.45, 2.75) is 71.6 Å². The summed E-state index contributed by atoms with van der Waals surface area (Å²) in [5.41, 5.74) is 1.11. The molecule has 2 aromatic carbocycles. The van der Waals surface area contributed by atoms with Crippen LogP contribution in [0.25, 0.3) is 10.8 Å². The molecule has 2 nitrogen and oxygen atoms in total. The van der Waals surface area contributed by atoms with E-state index in [1.54, 1.807) is 7.11 Å². The molecule has 33 heavy (non-hydrogen) atoms. The van der Waals surface area contributed by atoms with Gasteiger partial charge in [0.05, 0.1) is 7.11 Å². The zero-order valence-corrected chi connectivity index (χ0v) is 20.7. The Labute approximate surface area is 199 Å². The van der Waals surface area contributed by atoms with Crippen molar-refractivity contribution in [2.75, 3.05) is 7.11 Å². The number of ketones is 1. The number of carbonyl (C=O) groups excluding carboxylic acids is 1. The van der Waals surface area contributed by atoms with Crippen molar-refractivity contribution in [1.29, 1.82) is 0 Å². The average molecular weight is 445 g/mol. The first-order valence-corrected chi connectivity index (χ1v) is 13.6. The second-order valence-corrected chi connectivity index (χ2v) is 12.3. The molecule has 0 aromatic heterocycles. The van der Waals surface area contributed by atoms with Gasteiger partial charge in [0.2, 0.25) is 0 Å². The number of rotatable bonds is 3. The SMILES string of the molecule is COc1ccc2cc(C(=O)C3CCC4C5CCC6CC(C)CCC6C5CCC34C)ccc2c1. The topological polar surface area (TPSA) is 26.3 Å². The number of Topliss-reactive ketones (excluding diaryl/α,β-unsaturated/α-hetero) is 1. The van der Waals surface area contributed by atoms with Crippen molar-refractivity contribution in [1.82, 2.24) is 0 Å². The molecule has 2 aromatic rings. The molecule has 0 saturated heterocycles. The maximum absolute atomic E-state index is 13.9. The number of hydrogen-bond donors (Lipinski definition) is 0. The standard InChI is InChI=1S/C31H40O2/c1-19-4-10-25-22(16-19)8-11-27-26(25)14-15-31(2)28(27)12-13-29(31)30(32)23-6-5-21-18-24(33-3)9-7-20(21)17-23/h5-7,9,17-19,22,25-29H,4,8,10-16H2,1-3H3. The van der Waals surface area contributed by atoms with Crippen LogP contribution in [0.2, 0.25) is 0 Å². The molecule has 8 unspecified atom stereocenters. The molecular weight excluding hydrogens is 404 g/mol. The highest BCUT2D eigenvalue weighted by Crippen LogP contribution is 2.64. The Hall–Kier alpha value is -1.83. The lowest BCUT2D eigenvalue weighted by Crippen LogP contribution is -2.49. The summed E-state index contributed by atoms with van der Waals surface area (Å²) in [6, 6.07) is 12.4. The molecule has 0 bridgehead atoms. The minimum absolute atomic E-state index is 0.196. The third kappa shape index (κ3) is 3.46. The highest BCUT2D eigenvalue weighted by atomic mass is 16.5. The molecule has 4 fully saturated rings. The first-order chi connectivity index (χ1) is 16.0. The van der Waals surface area contributed by atoms with Gasteiger partial charge in [-0.25, -0.2) is 0 Å². The number of fused-ring (bicyclic) bond motifs is 6. The number of hydrogen-bond acceptors (Lipinski definition) is 2. The zero-order chi connectivity index (χ0) is 22.7. The Morgan fingerprint density at radius 2 is 1.67 bits per heavy atom. The minimum atomic E-state index is 0.196. The second-order valence-electron chi connectivity index (χ2n) is 12.3. The van der Waals surface area contributed by atoms with Crippen LogP contribution in [0.1, 0.15) is 82.0 Å². The van der Waals surface area contributed by atoms with Crippen LogP contribution in [0, 0.1) is 46.8 Å². The molecule has 0 heterocycles. The monoisotopic (exact) mass is 444 g/mol. The smallest absolute Gasteiger partial charge is 0.166 e. The van der Waals surface area contributed by atoms with E-state index in [1.807, 2.05) is 6.07 Å². The fraction of sp³-hybridized carbons (Fsp3) is 0.645. The lowest BCUT2D eigenvalue weighted by atomic mass is 9.49. The van der Waals surface area contributed by atoms with Gasteiger partial charge in [0.25, 0.3) is 0 Å². The van der Waals surface area contributed by atoms with E-state index >= 15 is 0 Å². The summed E-state index contributed by atoms with van der Waals surface area (Å²) in [7, 11) is 1.70. The van der Waals surface area contributed by atoms with Gasteiger partial charge in [0.15, 0.2) is 5.78 Å². The molecule has 8 atom stereocenters. The van der Waals surface area contributed by atoms with Crippen LogP contribution in [-0.2, 0) is 0 Å². The molecule has 4 aliphatic rings. The van der Waals surface area contributed by atoms with E-state index in [-0.39, 0.29) is 11.3 Å². The third-order valence-electron chi connectivity index (χ3n) is 10.9. The van der Waals surface area contributed by atoms with Crippen molar-refractivity contribution in [3.63, 3.8) is 0 Å². The van der Waals surface area contributed by atoms with Gasteiger partial charge in [-0.1, -0.05) is 38.5 Å². The molecule has 0 radical (unpaired) electrons. The summed E-state index contributed by atoms with van der Waals surface area (Å²) in [5.74, 6) is 6.96. The number of carbonyl (C=O) groups is 1. The van der Waals surface area contributed by atoms with E-state index in [1.165, 1.54) is 51.4 Å². The molecule has 0 N–H and O–H groups in total. The van der Waals surface area contributed by atoms with E-state index in [0.29, 0.717) is 5.78 Å². The average Bonchev–Trinajstić information content (AvgIpc) is 3.19. The summed E-state index contributed by atoms with van der Waals surface area (Å²) in [6.45, 7) is 4.96. The maximum Gasteiger partial charge on any atom is 0.166 e. The highest BCUT2D eigenvalue weighted by molar-refractivity contribution is 6.02. The van der Waals surface area contributed by atoms with Gasteiger partial charge in [-0.2, -0.15) is 0 Å². The van der Waals surface area contributed by atoms with E-state index in [2.05, 4.69) is 44.2 Å². The fourth-order valence-electron chi connectivity index (χ4n) is 9.22. The number of benzene rings is 2. The van der Waals surface area contributed by atoms with Gasteiger partial charge >= 0.3 is 0 Å². The molecule has 4 aliphatic carbocycles. The molecule has 0 amide bonds. The van der Waals surface area contributed by atoms with E-state index in [4.69, 9.17) is 4.74 Å². The Morgan fingerprint density at radius 1 is 0.879 bits per heavy atom. The summed E-state index contributed by atoms with van der Waals surface area (Å²) in [4.78, 5) is 13.9. The van der Waals surface area contributed by atoms with Crippen molar-refractivity contribution >= 4 is 16.6 Å². The van der Waals surface area contributed by atoms with Crippen LogP contribution in [-0.4, -0.2) is 12.9 Å². The second kappa shape index (κ2) is 8.14. The van der Waals surface area contributed by atoms with E-state index < -0.39 is 0 Å². The summed E-state index contributed by atoms with van der Waals surface area (Å²) in [6.07, 6.45) is 12.3. The predicted molar refractivity (Wildman–Crippen MR) is 135 cm³/mol. The third-order valence-corrected chi connectivity index (χ3v) is 10.9. The van der Waals surface area contributed by atoms with Crippen molar-refractivity contribution in [3.05, 3.63) is 42.0 Å². The molecule has 0 aliphatic heterocycles. The van der Waals surface area contributed by atoms with Gasteiger partial charge < -0.3 is 4.74 Å². The van der Waals surface area contributed by atoms with Crippen molar-refractivity contribution in [3.8, 4) is 5.75 Å². The van der Waals surface area contributed by atoms with Gasteiger partial charge in [0, 0.05) is 11.5 Å². The molecule has 6 rings (SSSR count). The van der Waals surface area contributed by atoms with Crippen molar-refractivity contribution in [2.24, 2.45) is 46.8 Å². The fourth-order valence-corrected chi connectivity index (χ4v) is 9.22. The first-order valence-electron chi connectivity index (χ1n) is 13.6. The Bertz CT molecular complexity index is 1060. The largest absolute Gasteiger partial charge is 0.497 e. The Morgan fingerprint density at radius 3 is 2.52 bits per heavy atom. The predicted octanol–water partition coefficient (Wildman–Crippen LogP) is 7.94.